The summed E-state index contributed by atoms with van der Waals surface area (Å²) in [5.74, 6) is -4.83. The number of thioether (sulfide) groups is 1. The van der Waals surface area contributed by atoms with Gasteiger partial charge in [-0.15, -0.1) is 0 Å². The molecule has 13 nitrogen and oxygen atoms in total. The van der Waals surface area contributed by atoms with E-state index in [1.165, 1.54) is 28.9 Å². The third kappa shape index (κ3) is 9.60. The molecule has 1 heterocycles. The molecule has 0 fully saturated rings. The van der Waals surface area contributed by atoms with E-state index in [9.17, 15) is 33.9 Å². The van der Waals surface area contributed by atoms with Gasteiger partial charge in [0.05, 0.1) is 25.0 Å². The topological polar surface area (TPSA) is 200 Å². The number of nitrogens with two attached hydrogens (primary N) is 1. The lowest BCUT2D eigenvalue weighted by molar-refractivity contribution is -0.142. The Morgan fingerprint density at radius 3 is 2.51 bits per heavy atom. The largest absolute Gasteiger partial charge is 0.481 e. The number of hydrogen-bond donors (Lipinski definition) is 6. The first-order valence-electron chi connectivity index (χ1n) is 12.5. The summed E-state index contributed by atoms with van der Waals surface area (Å²) >= 11 is 1.38. The molecule has 1 amide bonds. The van der Waals surface area contributed by atoms with E-state index in [-0.39, 0.29) is 23.8 Å². The summed E-state index contributed by atoms with van der Waals surface area (Å²) in [6.45, 7) is 3.32. The molecular formula is C25H36N6O7S. The zero-order chi connectivity index (χ0) is 29.1. The Morgan fingerprint density at radius 2 is 1.87 bits per heavy atom. The smallest absolute Gasteiger partial charge is 0.305 e. The molecular weight excluding hydrogens is 528 g/mol. The maximum Gasteiger partial charge on any atom is 0.305 e. The van der Waals surface area contributed by atoms with Crippen LogP contribution in [0.1, 0.15) is 36.2 Å². The number of Topliss-reactive ketones (excluding diaryl/α,β-unsaturated/α-hetero) is 4. The van der Waals surface area contributed by atoms with Crippen molar-refractivity contribution in [1.82, 2.24) is 26.6 Å². The Morgan fingerprint density at radius 1 is 1.15 bits per heavy atom. The van der Waals surface area contributed by atoms with Crippen LogP contribution in [0.5, 0.6) is 0 Å². The molecule has 1 unspecified atom stereocenters. The first-order valence-corrected chi connectivity index (χ1v) is 13.6. The summed E-state index contributed by atoms with van der Waals surface area (Å²) < 4.78 is 0. The minimum Gasteiger partial charge on any atom is -0.481 e. The lowest BCUT2D eigenvalue weighted by Crippen LogP contribution is -2.59. The fourth-order valence-electron chi connectivity index (χ4n) is 3.79. The van der Waals surface area contributed by atoms with Crippen molar-refractivity contribution in [1.29, 1.82) is 0 Å². The number of nitrogens with zero attached hydrogens (tertiary/aromatic N) is 1. The third-order valence-electron chi connectivity index (χ3n) is 5.97. The van der Waals surface area contributed by atoms with Gasteiger partial charge in [0.25, 0.3) is 0 Å². The molecule has 3 atom stereocenters. The number of hydrogen-bond acceptors (Lipinski definition) is 12. The van der Waals surface area contributed by atoms with Crippen LogP contribution in [0.2, 0.25) is 0 Å². The number of hydrazine groups is 2. The maximum absolute atomic E-state index is 13.3. The first-order chi connectivity index (χ1) is 18.5. The minimum absolute atomic E-state index is 0.0559. The number of benzene rings is 1. The van der Waals surface area contributed by atoms with E-state index in [2.05, 4.69) is 21.6 Å². The lowest BCUT2D eigenvalue weighted by atomic mass is 9.94. The SMILES string of the molecule is CC(C)[C@@H]1NN(C)C(CSCCN)C(=O)NCC(=O)C(=O)[C@H](CC(=O)O)NNCc2cccc(c2)C(=O)C1=O. The monoisotopic (exact) mass is 564 g/mol. The van der Waals surface area contributed by atoms with Gasteiger partial charge in [-0.3, -0.25) is 34.2 Å². The highest BCUT2D eigenvalue weighted by Crippen LogP contribution is 2.14. The van der Waals surface area contributed by atoms with Crippen LogP contribution in [0.3, 0.4) is 0 Å². The molecule has 1 aliphatic heterocycles. The van der Waals surface area contributed by atoms with Crippen LogP contribution in [0.25, 0.3) is 0 Å². The average molecular weight is 565 g/mol. The van der Waals surface area contributed by atoms with Crippen LogP contribution in [0, 0.1) is 5.92 Å². The van der Waals surface area contributed by atoms with Crippen molar-refractivity contribution in [2.24, 2.45) is 11.7 Å². The zero-order valence-electron chi connectivity index (χ0n) is 22.2. The molecule has 214 valence electrons. The van der Waals surface area contributed by atoms with Crippen molar-refractivity contribution in [3.63, 3.8) is 0 Å². The van der Waals surface area contributed by atoms with Gasteiger partial charge < -0.3 is 16.2 Å². The van der Waals surface area contributed by atoms with E-state index >= 15 is 0 Å². The normalized spacial score (nSPS) is 22.9. The molecule has 1 aromatic carbocycles. The number of carboxylic acids is 1. The zero-order valence-corrected chi connectivity index (χ0v) is 23.0. The Hall–Kier alpha value is -3.01. The van der Waals surface area contributed by atoms with E-state index in [0.29, 0.717) is 17.9 Å². The van der Waals surface area contributed by atoms with Crippen LogP contribution in [-0.4, -0.2) is 94.9 Å². The van der Waals surface area contributed by atoms with Gasteiger partial charge in [0.15, 0.2) is 0 Å². The van der Waals surface area contributed by atoms with Gasteiger partial charge >= 0.3 is 5.97 Å². The first kappa shape index (κ1) is 32.2. The molecule has 0 saturated carbocycles. The third-order valence-corrected chi connectivity index (χ3v) is 7.05. The summed E-state index contributed by atoms with van der Waals surface area (Å²) in [5.41, 5.74) is 14.5. The molecule has 0 aliphatic carbocycles. The predicted molar refractivity (Wildman–Crippen MR) is 145 cm³/mol. The molecule has 1 aromatic rings. The summed E-state index contributed by atoms with van der Waals surface area (Å²) in [4.78, 5) is 76.1. The second kappa shape index (κ2) is 15.5. The molecule has 7 N–H and O–H groups in total. The van der Waals surface area contributed by atoms with Gasteiger partial charge in [-0.2, -0.15) is 11.8 Å². The lowest BCUT2D eigenvalue weighted by Gasteiger charge is -2.32. The number of aliphatic carboxylic acids is 1. The van der Waals surface area contributed by atoms with Gasteiger partial charge in [0.2, 0.25) is 29.0 Å². The van der Waals surface area contributed by atoms with Crippen molar-refractivity contribution in [3.05, 3.63) is 35.4 Å². The van der Waals surface area contributed by atoms with Crippen molar-refractivity contribution < 1.29 is 33.9 Å². The molecule has 14 heteroatoms. The Balaban J connectivity index is 2.45. The van der Waals surface area contributed by atoms with Crippen LogP contribution < -0.4 is 27.3 Å². The molecule has 39 heavy (non-hydrogen) atoms. The summed E-state index contributed by atoms with van der Waals surface area (Å²) in [6.07, 6.45) is -0.680. The molecule has 1 aliphatic rings. The Bertz CT molecular complexity index is 1080. The Labute approximate surface area is 230 Å². The number of ketones is 4. The number of nitrogens with one attached hydrogen (secondary N) is 4. The molecule has 2 rings (SSSR count). The van der Waals surface area contributed by atoms with Crippen LogP contribution >= 0.6 is 11.8 Å². The number of amides is 1. The number of carbonyl (C=O) groups excluding carboxylic acids is 5. The average Bonchev–Trinajstić information content (AvgIpc) is 2.90. The number of fused-ring (bicyclic) bond motifs is 2. The second-order valence-electron chi connectivity index (χ2n) is 9.39. The highest BCUT2D eigenvalue weighted by Gasteiger charge is 2.34. The quantitative estimate of drug-likeness (QED) is 0.168. The van der Waals surface area contributed by atoms with Crippen molar-refractivity contribution in [2.75, 3.05) is 31.6 Å². The van der Waals surface area contributed by atoms with E-state index in [4.69, 9.17) is 5.73 Å². The number of carbonyl (C=O) groups is 6. The van der Waals surface area contributed by atoms with E-state index in [1.54, 1.807) is 33.0 Å². The van der Waals surface area contributed by atoms with Crippen LogP contribution in [0.4, 0.5) is 0 Å². The maximum atomic E-state index is 13.3. The fraction of sp³-hybridized carbons (Fsp3) is 0.520. The molecule has 0 saturated heterocycles. The highest BCUT2D eigenvalue weighted by molar-refractivity contribution is 7.99. The summed E-state index contributed by atoms with van der Waals surface area (Å²) in [7, 11) is 1.55. The number of rotatable bonds is 7. The predicted octanol–water partition coefficient (Wildman–Crippen LogP) is -1.33. The number of carboxylic acid groups (broad SMARTS) is 1. The van der Waals surface area contributed by atoms with Crippen molar-refractivity contribution >= 4 is 46.8 Å². The minimum atomic E-state index is -1.40. The molecule has 0 aromatic heterocycles. The van der Waals surface area contributed by atoms with E-state index in [0.717, 1.165) is 0 Å². The molecule has 0 radical (unpaired) electrons. The van der Waals surface area contributed by atoms with E-state index < -0.39 is 66.1 Å². The summed E-state index contributed by atoms with van der Waals surface area (Å²) in [5, 5.41) is 13.1. The van der Waals surface area contributed by atoms with Gasteiger partial charge in [-0.1, -0.05) is 32.0 Å². The molecule has 2 bridgehead atoms. The van der Waals surface area contributed by atoms with Gasteiger partial charge in [0, 0.05) is 37.2 Å². The fourth-order valence-corrected chi connectivity index (χ4v) is 4.73. The van der Waals surface area contributed by atoms with Crippen LogP contribution in [-0.2, 0) is 30.5 Å². The highest BCUT2D eigenvalue weighted by atomic mass is 32.2. The summed E-state index contributed by atoms with van der Waals surface area (Å²) in [6, 6.07) is 3.05. The second-order valence-corrected chi connectivity index (χ2v) is 10.5. The number of likely N-dealkylation sites (N-methyl/N-ethyl adjacent to an activating group) is 1. The van der Waals surface area contributed by atoms with Crippen molar-refractivity contribution in [2.45, 2.75) is 44.9 Å². The van der Waals surface area contributed by atoms with Gasteiger partial charge in [-0.05, 0) is 17.5 Å². The van der Waals surface area contributed by atoms with Crippen LogP contribution in [0.15, 0.2) is 24.3 Å². The van der Waals surface area contributed by atoms with Gasteiger partial charge in [0.1, 0.15) is 6.04 Å². The Kier molecular flexibility index (Phi) is 12.8. The standard InChI is InChI=1S/C25H36N6O7S/c1-14(2)21-24(37)22(35)16-6-4-5-15(9-16)11-28-29-17(10-20(33)34)23(36)19(32)12-27-25(38)18(31(3)30-21)13-39-8-7-26/h4-6,9,14,17-18,21,28-30H,7-8,10-13,26H2,1-3H3,(H,27,38)(H,33,34)/t17-,18?,21-/m0/s1. The van der Waals surface area contributed by atoms with Crippen molar-refractivity contribution in [3.8, 4) is 0 Å². The van der Waals surface area contributed by atoms with E-state index in [1.807, 2.05) is 0 Å². The molecule has 0 spiro atoms. The van der Waals surface area contributed by atoms with Gasteiger partial charge in [-0.25, -0.2) is 15.9 Å².